The molecule has 0 radical (unpaired) electrons. The number of hydrogen-bond acceptors (Lipinski definition) is 2. The molecular formula is C14H20O2. The molecule has 0 amide bonds. The molecule has 2 nitrogen and oxygen atoms in total. The fraction of sp³-hybridized carbons (Fsp3) is 0.571. The summed E-state index contributed by atoms with van der Waals surface area (Å²) in [4.78, 5) is 0. The third kappa shape index (κ3) is 2.45. The average Bonchev–Trinajstić information content (AvgIpc) is 2.30. The predicted molar refractivity (Wildman–Crippen MR) is 64.4 cm³/mol. The van der Waals surface area contributed by atoms with Gasteiger partial charge in [-0.05, 0) is 11.5 Å². The van der Waals surface area contributed by atoms with Gasteiger partial charge in [0.15, 0.2) is 0 Å². The van der Waals surface area contributed by atoms with Crippen LogP contribution in [0.25, 0.3) is 0 Å². The van der Waals surface area contributed by atoms with Crippen LogP contribution in [0.3, 0.4) is 0 Å². The van der Waals surface area contributed by atoms with Gasteiger partial charge in [0.2, 0.25) is 0 Å². The summed E-state index contributed by atoms with van der Waals surface area (Å²) in [6.45, 7) is 4.91. The Morgan fingerprint density at radius 3 is 2.50 bits per heavy atom. The molecular weight excluding hydrogens is 200 g/mol. The van der Waals surface area contributed by atoms with E-state index in [1.807, 2.05) is 18.2 Å². The summed E-state index contributed by atoms with van der Waals surface area (Å²) >= 11 is 0. The highest BCUT2D eigenvalue weighted by molar-refractivity contribution is 5.21. The lowest BCUT2D eigenvalue weighted by Gasteiger charge is -2.35. The first kappa shape index (κ1) is 11.6. The van der Waals surface area contributed by atoms with Gasteiger partial charge >= 0.3 is 0 Å². The van der Waals surface area contributed by atoms with Crippen molar-refractivity contribution in [2.75, 3.05) is 6.61 Å². The molecule has 1 N–H and O–H groups in total. The molecule has 1 aliphatic rings. The Hall–Kier alpha value is -0.860. The summed E-state index contributed by atoms with van der Waals surface area (Å²) in [7, 11) is 0. The molecule has 1 aromatic rings. The lowest BCUT2D eigenvalue weighted by Crippen LogP contribution is -2.38. The maximum Gasteiger partial charge on any atom is 0.0655 e. The minimum atomic E-state index is -0.274. The van der Waals surface area contributed by atoms with Crippen molar-refractivity contribution in [2.45, 2.75) is 38.4 Å². The molecule has 0 saturated carbocycles. The summed E-state index contributed by atoms with van der Waals surface area (Å²) in [5, 5.41) is 10.2. The Kier molecular flexibility index (Phi) is 3.62. The maximum atomic E-state index is 10.2. The number of rotatable bonds is 2. The molecule has 1 saturated heterocycles. The number of aliphatic hydroxyl groups is 1. The van der Waals surface area contributed by atoms with E-state index in [2.05, 4.69) is 26.0 Å². The quantitative estimate of drug-likeness (QED) is 0.830. The van der Waals surface area contributed by atoms with Gasteiger partial charge < -0.3 is 9.84 Å². The van der Waals surface area contributed by atoms with Gasteiger partial charge in [-0.1, -0.05) is 44.2 Å². The van der Waals surface area contributed by atoms with Gasteiger partial charge in [-0.25, -0.2) is 0 Å². The second-order valence-corrected chi connectivity index (χ2v) is 4.94. The third-order valence-electron chi connectivity index (χ3n) is 3.40. The minimum absolute atomic E-state index is 0.135. The monoisotopic (exact) mass is 220 g/mol. The molecule has 0 unspecified atom stereocenters. The van der Waals surface area contributed by atoms with Crippen LogP contribution in [0.2, 0.25) is 0 Å². The smallest absolute Gasteiger partial charge is 0.0655 e. The summed E-state index contributed by atoms with van der Waals surface area (Å²) < 4.78 is 5.82. The van der Waals surface area contributed by atoms with Crippen molar-refractivity contribution < 1.29 is 9.84 Å². The van der Waals surface area contributed by atoms with Crippen LogP contribution >= 0.6 is 0 Å². The van der Waals surface area contributed by atoms with Gasteiger partial charge in [0, 0.05) is 12.3 Å². The maximum absolute atomic E-state index is 10.2. The van der Waals surface area contributed by atoms with E-state index in [0.717, 1.165) is 6.42 Å². The van der Waals surface area contributed by atoms with E-state index in [4.69, 9.17) is 4.74 Å². The number of hydrogen-bond donors (Lipinski definition) is 1. The zero-order chi connectivity index (χ0) is 11.5. The lowest BCUT2D eigenvalue weighted by molar-refractivity contribution is -0.0770. The number of benzene rings is 1. The van der Waals surface area contributed by atoms with Crippen LogP contribution in [-0.4, -0.2) is 23.9 Å². The summed E-state index contributed by atoms with van der Waals surface area (Å²) in [6.07, 6.45) is 0.676. The normalized spacial score (nSPS) is 30.6. The predicted octanol–water partition coefficient (Wildman–Crippen LogP) is 2.58. The highest BCUT2D eigenvalue weighted by atomic mass is 16.5. The van der Waals surface area contributed by atoms with Crippen LogP contribution in [0.15, 0.2) is 30.3 Å². The van der Waals surface area contributed by atoms with Crippen LogP contribution in [0.5, 0.6) is 0 Å². The van der Waals surface area contributed by atoms with Crippen LogP contribution in [0.1, 0.15) is 31.7 Å². The average molecular weight is 220 g/mol. The van der Waals surface area contributed by atoms with Gasteiger partial charge in [-0.3, -0.25) is 0 Å². The molecule has 0 bridgehead atoms. The summed E-state index contributed by atoms with van der Waals surface area (Å²) in [6, 6.07) is 10.1. The van der Waals surface area contributed by atoms with E-state index in [0.29, 0.717) is 12.5 Å². The largest absolute Gasteiger partial charge is 0.392 e. The Bertz CT molecular complexity index is 321. The van der Waals surface area contributed by atoms with Crippen LogP contribution in [-0.2, 0) is 4.74 Å². The van der Waals surface area contributed by atoms with Gasteiger partial charge in [0.05, 0.1) is 18.8 Å². The molecule has 88 valence electrons. The van der Waals surface area contributed by atoms with Crippen molar-refractivity contribution in [3.05, 3.63) is 35.9 Å². The van der Waals surface area contributed by atoms with E-state index >= 15 is 0 Å². The molecule has 0 spiro atoms. The highest BCUT2D eigenvalue weighted by Gasteiger charge is 2.31. The van der Waals surface area contributed by atoms with Crippen molar-refractivity contribution in [2.24, 2.45) is 5.92 Å². The van der Waals surface area contributed by atoms with Crippen molar-refractivity contribution in [3.63, 3.8) is 0 Å². The van der Waals surface area contributed by atoms with Gasteiger partial charge in [0.25, 0.3) is 0 Å². The summed E-state index contributed by atoms with van der Waals surface area (Å²) in [5.41, 5.74) is 1.18. The number of ether oxygens (including phenoxy) is 1. The third-order valence-corrected chi connectivity index (χ3v) is 3.40. The Balaban J connectivity index is 2.05. The van der Waals surface area contributed by atoms with E-state index in [1.54, 1.807) is 0 Å². The first-order valence-corrected chi connectivity index (χ1v) is 6.03. The van der Waals surface area contributed by atoms with E-state index in [9.17, 15) is 5.11 Å². The van der Waals surface area contributed by atoms with Crippen molar-refractivity contribution in [3.8, 4) is 0 Å². The van der Waals surface area contributed by atoms with Crippen molar-refractivity contribution in [1.29, 1.82) is 0 Å². The fourth-order valence-electron chi connectivity index (χ4n) is 2.29. The van der Waals surface area contributed by atoms with Crippen LogP contribution in [0, 0.1) is 5.92 Å². The van der Waals surface area contributed by atoms with Gasteiger partial charge in [0.1, 0.15) is 0 Å². The first-order valence-electron chi connectivity index (χ1n) is 6.03. The zero-order valence-electron chi connectivity index (χ0n) is 9.97. The summed E-state index contributed by atoms with van der Waals surface area (Å²) in [5.74, 6) is 0.613. The Morgan fingerprint density at radius 2 is 1.94 bits per heavy atom. The van der Waals surface area contributed by atoms with E-state index in [-0.39, 0.29) is 18.1 Å². The minimum Gasteiger partial charge on any atom is -0.392 e. The van der Waals surface area contributed by atoms with E-state index in [1.165, 1.54) is 5.56 Å². The molecule has 1 aliphatic heterocycles. The molecule has 16 heavy (non-hydrogen) atoms. The van der Waals surface area contributed by atoms with Crippen LogP contribution < -0.4 is 0 Å². The SMILES string of the molecule is CC(C)[C@@H]1C[C@H](O)[C@H](c2ccccc2)CO1. The van der Waals surface area contributed by atoms with Gasteiger partial charge in [-0.2, -0.15) is 0 Å². The Morgan fingerprint density at radius 1 is 1.25 bits per heavy atom. The van der Waals surface area contributed by atoms with E-state index < -0.39 is 0 Å². The topological polar surface area (TPSA) is 29.5 Å². The lowest BCUT2D eigenvalue weighted by atomic mass is 9.86. The molecule has 1 fully saturated rings. The highest BCUT2D eigenvalue weighted by Crippen LogP contribution is 2.30. The molecule has 0 aromatic heterocycles. The number of aliphatic hydroxyl groups excluding tert-OH is 1. The molecule has 1 heterocycles. The molecule has 0 aliphatic carbocycles. The van der Waals surface area contributed by atoms with Crippen molar-refractivity contribution in [1.82, 2.24) is 0 Å². The molecule has 1 aromatic carbocycles. The fourth-order valence-corrected chi connectivity index (χ4v) is 2.29. The molecule has 2 heteroatoms. The molecule has 2 rings (SSSR count). The Labute approximate surface area is 97.3 Å². The second kappa shape index (κ2) is 4.98. The second-order valence-electron chi connectivity index (χ2n) is 4.94. The molecule has 3 atom stereocenters. The van der Waals surface area contributed by atoms with Crippen molar-refractivity contribution >= 4 is 0 Å². The van der Waals surface area contributed by atoms with Crippen LogP contribution in [0.4, 0.5) is 0 Å². The zero-order valence-corrected chi connectivity index (χ0v) is 9.97. The van der Waals surface area contributed by atoms with Gasteiger partial charge in [-0.15, -0.1) is 0 Å². The first-order chi connectivity index (χ1) is 7.68. The standard InChI is InChI=1S/C14H20O2/c1-10(2)14-8-13(15)12(9-16-14)11-6-4-3-5-7-11/h3-7,10,12-15H,8-9H2,1-2H3/t12-,13-,14-/m0/s1.